The molecule has 1 rings (SSSR count). The average Bonchev–Trinajstić information content (AvgIpc) is 2.44. The monoisotopic (exact) mass is 300 g/mol. The van der Waals surface area contributed by atoms with E-state index in [0.717, 1.165) is 0 Å². The normalized spacial score (nSPS) is 19.9. The summed E-state index contributed by atoms with van der Waals surface area (Å²) in [6, 6.07) is 0. The Kier molecular flexibility index (Phi) is 5.89. The van der Waals surface area contributed by atoms with Gasteiger partial charge in [-0.1, -0.05) is 0 Å². The molecule has 0 spiro atoms. The molecule has 1 saturated heterocycles. The van der Waals surface area contributed by atoms with E-state index in [1.807, 2.05) is 13.8 Å². The molecule has 0 aromatic heterocycles. The SMILES string of the molecule is COC(=O)CCC1(CCC(=O)OC)COC(C)(C)CC1=O. The number of methoxy groups -OCH3 is 2. The average molecular weight is 300 g/mol. The van der Waals surface area contributed by atoms with Crippen molar-refractivity contribution in [2.75, 3.05) is 20.8 Å². The summed E-state index contributed by atoms with van der Waals surface area (Å²) < 4.78 is 15.0. The Morgan fingerprint density at radius 1 is 1.10 bits per heavy atom. The smallest absolute Gasteiger partial charge is 0.305 e. The highest BCUT2D eigenvalue weighted by atomic mass is 16.5. The van der Waals surface area contributed by atoms with Gasteiger partial charge in [-0.25, -0.2) is 0 Å². The maximum absolute atomic E-state index is 12.5. The fraction of sp³-hybridized carbons (Fsp3) is 0.800. The number of Topliss-reactive ketones (excluding diaryl/α,β-unsaturated/α-hetero) is 1. The van der Waals surface area contributed by atoms with E-state index in [4.69, 9.17) is 4.74 Å². The first-order valence-corrected chi connectivity index (χ1v) is 7.05. The number of ether oxygens (including phenoxy) is 3. The van der Waals surface area contributed by atoms with Gasteiger partial charge in [0.25, 0.3) is 0 Å². The van der Waals surface area contributed by atoms with Gasteiger partial charge in [0.15, 0.2) is 0 Å². The number of carbonyl (C=O) groups is 3. The lowest BCUT2D eigenvalue weighted by Crippen LogP contribution is -2.48. The number of esters is 2. The van der Waals surface area contributed by atoms with Crippen molar-refractivity contribution in [1.29, 1.82) is 0 Å². The maximum atomic E-state index is 12.5. The molecule has 0 unspecified atom stereocenters. The molecule has 1 aliphatic rings. The van der Waals surface area contributed by atoms with Crippen LogP contribution in [0, 0.1) is 5.41 Å². The zero-order valence-electron chi connectivity index (χ0n) is 13.2. The third kappa shape index (κ3) is 4.81. The van der Waals surface area contributed by atoms with E-state index in [1.54, 1.807) is 0 Å². The Morgan fingerprint density at radius 2 is 1.57 bits per heavy atom. The quantitative estimate of drug-likeness (QED) is 0.694. The summed E-state index contributed by atoms with van der Waals surface area (Å²) in [6.07, 6.45) is 1.19. The van der Waals surface area contributed by atoms with Crippen molar-refractivity contribution < 1.29 is 28.6 Å². The van der Waals surface area contributed by atoms with Crippen LogP contribution >= 0.6 is 0 Å². The molecule has 0 saturated carbocycles. The highest BCUT2D eigenvalue weighted by Gasteiger charge is 2.46. The summed E-state index contributed by atoms with van der Waals surface area (Å²) in [5.74, 6) is -0.707. The molecule has 0 aromatic rings. The van der Waals surface area contributed by atoms with Crippen molar-refractivity contribution in [2.24, 2.45) is 5.41 Å². The zero-order valence-corrected chi connectivity index (χ0v) is 13.2. The Bertz CT molecular complexity index is 392. The molecule has 1 fully saturated rings. The fourth-order valence-corrected chi connectivity index (χ4v) is 2.47. The largest absolute Gasteiger partial charge is 0.469 e. The van der Waals surface area contributed by atoms with Crippen LogP contribution in [0.3, 0.4) is 0 Å². The van der Waals surface area contributed by atoms with Gasteiger partial charge in [0, 0.05) is 19.3 Å². The molecule has 0 amide bonds. The van der Waals surface area contributed by atoms with Crippen LogP contribution in [0.4, 0.5) is 0 Å². The van der Waals surface area contributed by atoms with Gasteiger partial charge in [-0.05, 0) is 26.7 Å². The zero-order chi connectivity index (χ0) is 16.1. The minimum atomic E-state index is -0.808. The van der Waals surface area contributed by atoms with Gasteiger partial charge in [-0.2, -0.15) is 0 Å². The van der Waals surface area contributed by atoms with E-state index in [9.17, 15) is 14.4 Å². The molecule has 1 heterocycles. The molecule has 6 heteroatoms. The summed E-state index contributed by atoms with van der Waals surface area (Å²) in [5, 5.41) is 0. The van der Waals surface area contributed by atoms with Crippen molar-refractivity contribution in [3.63, 3.8) is 0 Å². The Labute approximate surface area is 125 Å². The van der Waals surface area contributed by atoms with Crippen molar-refractivity contribution >= 4 is 17.7 Å². The van der Waals surface area contributed by atoms with Crippen molar-refractivity contribution in [3.8, 4) is 0 Å². The topological polar surface area (TPSA) is 78.9 Å². The van der Waals surface area contributed by atoms with Gasteiger partial charge in [-0.3, -0.25) is 14.4 Å². The highest BCUT2D eigenvalue weighted by molar-refractivity contribution is 5.87. The summed E-state index contributed by atoms with van der Waals surface area (Å²) in [7, 11) is 2.62. The standard InChI is InChI=1S/C15H24O6/c1-14(2)9-11(16)15(10-21-14,7-5-12(17)19-3)8-6-13(18)20-4/h5-10H2,1-4H3. The minimum absolute atomic E-state index is 0.0338. The van der Waals surface area contributed by atoms with E-state index in [1.165, 1.54) is 14.2 Å². The molecular formula is C15H24O6. The molecule has 0 N–H and O–H groups in total. The fourth-order valence-electron chi connectivity index (χ4n) is 2.47. The van der Waals surface area contributed by atoms with Crippen LogP contribution in [0.15, 0.2) is 0 Å². The molecule has 6 nitrogen and oxygen atoms in total. The first-order valence-electron chi connectivity index (χ1n) is 7.05. The molecule has 21 heavy (non-hydrogen) atoms. The summed E-state index contributed by atoms with van der Waals surface area (Å²) in [5.41, 5.74) is -1.31. The first-order chi connectivity index (χ1) is 9.74. The Hall–Kier alpha value is -1.43. The molecule has 1 aliphatic heterocycles. The molecular weight excluding hydrogens is 276 g/mol. The lowest BCUT2D eigenvalue weighted by molar-refractivity contribution is -0.163. The molecule has 0 aromatic carbocycles. The van der Waals surface area contributed by atoms with E-state index in [0.29, 0.717) is 12.8 Å². The van der Waals surface area contributed by atoms with Crippen molar-refractivity contribution in [1.82, 2.24) is 0 Å². The van der Waals surface area contributed by atoms with Crippen LogP contribution in [0.5, 0.6) is 0 Å². The maximum Gasteiger partial charge on any atom is 0.305 e. The van der Waals surface area contributed by atoms with Crippen LogP contribution in [-0.4, -0.2) is 44.1 Å². The molecule has 0 radical (unpaired) electrons. The van der Waals surface area contributed by atoms with E-state index >= 15 is 0 Å². The van der Waals surface area contributed by atoms with Gasteiger partial charge < -0.3 is 14.2 Å². The predicted molar refractivity (Wildman–Crippen MR) is 74.6 cm³/mol. The van der Waals surface area contributed by atoms with E-state index in [2.05, 4.69) is 9.47 Å². The lowest BCUT2D eigenvalue weighted by atomic mass is 9.71. The number of hydrogen-bond donors (Lipinski definition) is 0. The van der Waals surface area contributed by atoms with E-state index in [-0.39, 0.29) is 43.6 Å². The molecule has 120 valence electrons. The molecule has 0 atom stereocenters. The van der Waals surface area contributed by atoms with Crippen LogP contribution in [-0.2, 0) is 28.6 Å². The molecule has 0 bridgehead atoms. The first kappa shape index (κ1) is 17.6. The van der Waals surface area contributed by atoms with Crippen molar-refractivity contribution in [2.45, 2.75) is 51.6 Å². The highest BCUT2D eigenvalue weighted by Crippen LogP contribution is 2.40. The summed E-state index contributed by atoms with van der Waals surface area (Å²) in [4.78, 5) is 35.3. The minimum Gasteiger partial charge on any atom is -0.469 e. The third-order valence-electron chi connectivity index (χ3n) is 3.99. The second-order valence-corrected chi connectivity index (χ2v) is 6.08. The lowest BCUT2D eigenvalue weighted by Gasteiger charge is -2.42. The number of carbonyl (C=O) groups excluding carboxylic acids is 3. The summed E-state index contributed by atoms with van der Waals surface area (Å²) in [6.45, 7) is 3.93. The van der Waals surface area contributed by atoms with Gasteiger partial charge in [-0.15, -0.1) is 0 Å². The van der Waals surface area contributed by atoms with Crippen LogP contribution < -0.4 is 0 Å². The van der Waals surface area contributed by atoms with Gasteiger partial charge in [0.2, 0.25) is 0 Å². The second-order valence-electron chi connectivity index (χ2n) is 6.08. The number of ketones is 1. The van der Waals surface area contributed by atoms with Crippen LogP contribution in [0.1, 0.15) is 46.0 Å². The van der Waals surface area contributed by atoms with Gasteiger partial charge >= 0.3 is 11.9 Å². The van der Waals surface area contributed by atoms with Gasteiger partial charge in [0.05, 0.1) is 31.8 Å². The van der Waals surface area contributed by atoms with E-state index < -0.39 is 11.0 Å². The predicted octanol–water partition coefficient (Wildman–Crippen LogP) is 1.65. The van der Waals surface area contributed by atoms with Gasteiger partial charge in [0.1, 0.15) is 5.78 Å². The van der Waals surface area contributed by atoms with Crippen LogP contribution in [0.25, 0.3) is 0 Å². The third-order valence-corrected chi connectivity index (χ3v) is 3.99. The number of hydrogen-bond acceptors (Lipinski definition) is 6. The van der Waals surface area contributed by atoms with Crippen molar-refractivity contribution in [3.05, 3.63) is 0 Å². The Balaban J connectivity index is 2.81. The second kappa shape index (κ2) is 7.02. The number of rotatable bonds is 6. The van der Waals surface area contributed by atoms with Crippen LogP contribution in [0.2, 0.25) is 0 Å². The molecule has 0 aliphatic carbocycles. The summed E-state index contributed by atoms with van der Waals surface area (Å²) >= 11 is 0. The Morgan fingerprint density at radius 3 is 1.95 bits per heavy atom.